The lowest BCUT2D eigenvalue weighted by molar-refractivity contribution is 0.0948. The van der Waals surface area contributed by atoms with Crippen molar-refractivity contribution in [3.05, 3.63) is 38.8 Å². The Kier molecular flexibility index (Phi) is 4.07. The molecule has 1 aliphatic rings. The predicted molar refractivity (Wildman–Crippen MR) is 83.5 cm³/mol. The van der Waals surface area contributed by atoms with E-state index in [1.165, 1.54) is 10.4 Å². The van der Waals surface area contributed by atoms with Crippen LogP contribution in [-0.2, 0) is 19.5 Å². The molecule has 0 fully saturated rings. The first-order chi connectivity index (χ1) is 10.2. The van der Waals surface area contributed by atoms with E-state index in [9.17, 15) is 4.79 Å². The normalized spacial score (nSPS) is 15.0. The maximum absolute atomic E-state index is 12.0. The van der Waals surface area contributed by atoms with Crippen LogP contribution < -0.4 is 5.32 Å². The minimum atomic E-state index is -0.0795. The van der Waals surface area contributed by atoms with Gasteiger partial charge in [0.2, 0.25) is 0 Å². The maximum Gasteiger partial charge on any atom is 0.272 e. The van der Waals surface area contributed by atoms with Crippen molar-refractivity contribution in [1.29, 1.82) is 0 Å². The lowest BCUT2D eigenvalue weighted by Crippen LogP contribution is -2.32. The summed E-state index contributed by atoms with van der Waals surface area (Å²) >= 11 is 1.80. The summed E-state index contributed by atoms with van der Waals surface area (Å²) in [6.07, 6.45) is 0.923. The minimum Gasteiger partial charge on any atom is -0.351 e. The number of rotatable bonds is 4. The second-order valence-corrected chi connectivity index (χ2v) is 6.38. The number of aromatic amines is 1. The molecule has 0 saturated carbocycles. The zero-order valence-corrected chi connectivity index (χ0v) is 13.2. The molecule has 0 spiro atoms. The second kappa shape index (κ2) is 5.99. The number of carbonyl (C=O) groups is 1. The van der Waals surface area contributed by atoms with E-state index in [0.717, 1.165) is 37.3 Å². The van der Waals surface area contributed by atoms with Crippen molar-refractivity contribution in [2.45, 2.75) is 33.4 Å². The smallest absolute Gasteiger partial charge is 0.272 e. The van der Waals surface area contributed by atoms with Crippen molar-refractivity contribution in [3.8, 4) is 0 Å². The predicted octanol–water partition coefficient (Wildman–Crippen LogP) is 2.09. The van der Waals surface area contributed by atoms with Crippen molar-refractivity contribution in [3.63, 3.8) is 0 Å². The van der Waals surface area contributed by atoms with Gasteiger partial charge < -0.3 is 5.32 Å². The number of nitrogens with zero attached hydrogens (tertiary/aromatic N) is 2. The number of H-pyrrole nitrogens is 1. The molecule has 0 saturated heterocycles. The van der Waals surface area contributed by atoms with Crippen molar-refractivity contribution in [1.82, 2.24) is 20.4 Å². The third-order valence-electron chi connectivity index (χ3n) is 3.90. The van der Waals surface area contributed by atoms with E-state index in [1.807, 2.05) is 6.92 Å². The lowest BCUT2D eigenvalue weighted by Gasteiger charge is -2.26. The Hall–Kier alpha value is -1.66. The molecule has 3 rings (SSSR count). The quantitative estimate of drug-likeness (QED) is 0.909. The zero-order valence-electron chi connectivity index (χ0n) is 12.4. The molecule has 6 heteroatoms. The SMILES string of the molecule is CCNC(=O)c1n[nH]c2c1CN(Cc1sccc1C)CC2. The first kappa shape index (κ1) is 14.3. The second-order valence-electron chi connectivity index (χ2n) is 5.38. The highest BCUT2D eigenvalue weighted by molar-refractivity contribution is 7.10. The summed E-state index contributed by atoms with van der Waals surface area (Å²) in [6, 6.07) is 2.16. The molecule has 0 aliphatic carbocycles. The van der Waals surface area contributed by atoms with Crippen LogP contribution in [0.5, 0.6) is 0 Å². The molecular formula is C15H20N4OS. The number of fused-ring (bicyclic) bond motifs is 1. The van der Waals surface area contributed by atoms with Gasteiger partial charge in [0.15, 0.2) is 5.69 Å². The minimum absolute atomic E-state index is 0.0795. The number of hydrogen-bond acceptors (Lipinski definition) is 4. The van der Waals surface area contributed by atoms with Crippen LogP contribution in [0.1, 0.15) is 39.1 Å². The van der Waals surface area contributed by atoms with Gasteiger partial charge in [-0.15, -0.1) is 11.3 Å². The standard InChI is InChI=1S/C15H20N4OS/c1-3-16-15(20)14-11-8-19(6-4-12(11)17-18-14)9-13-10(2)5-7-21-13/h5,7H,3-4,6,8-9H2,1-2H3,(H,16,20)(H,17,18). The maximum atomic E-state index is 12.0. The number of hydrogen-bond donors (Lipinski definition) is 2. The summed E-state index contributed by atoms with van der Waals surface area (Å²) in [5.41, 5.74) is 4.07. The van der Waals surface area contributed by atoms with Gasteiger partial charge in [-0.25, -0.2) is 0 Å². The van der Waals surface area contributed by atoms with Crippen molar-refractivity contribution < 1.29 is 4.79 Å². The van der Waals surface area contributed by atoms with Crippen LogP contribution in [0.15, 0.2) is 11.4 Å². The van der Waals surface area contributed by atoms with Gasteiger partial charge in [-0.1, -0.05) is 0 Å². The van der Waals surface area contributed by atoms with Crippen LogP contribution >= 0.6 is 11.3 Å². The number of amides is 1. The highest BCUT2D eigenvalue weighted by atomic mass is 32.1. The van der Waals surface area contributed by atoms with E-state index in [4.69, 9.17) is 0 Å². The number of aryl methyl sites for hydroxylation is 1. The summed E-state index contributed by atoms with van der Waals surface area (Å²) in [6.45, 7) is 7.43. The van der Waals surface area contributed by atoms with Gasteiger partial charge in [0.25, 0.3) is 5.91 Å². The van der Waals surface area contributed by atoms with E-state index >= 15 is 0 Å². The molecule has 0 radical (unpaired) electrons. The fraction of sp³-hybridized carbons (Fsp3) is 0.467. The summed E-state index contributed by atoms with van der Waals surface area (Å²) in [7, 11) is 0. The van der Waals surface area contributed by atoms with Crippen LogP contribution in [0, 0.1) is 6.92 Å². The lowest BCUT2D eigenvalue weighted by atomic mass is 10.0. The Morgan fingerprint density at radius 2 is 2.43 bits per heavy atom. The van der Waals surface area contributed by atoms with Crippen LogP contribution in [0.3, 0.4) is 0 Å². The van der Waals surface area contributed by atoms with Gasteiger partial charge in [-0.3, -0.25) is 14.8 Å². The first-order valence-electron chi connectivity index (χ1n) is 7.28. The van der Waals surface area contributed by atoms with Crippen LogP contribution in [-0.4, -0.2) is 34.1 Å². The van der Waals surface area contributed by atoms with E-state index in [-0.39, 0.29) is 5.91 Å². The molecule has 0 aromatic carbocycles. The summed E-state index contributed by atoms with van der Waals surface area (Å²) in [5.74, 6) is -0.0795. The number of carbonyl (C=O) groups excluding carboxylic acids is 1. The molecule has 2 aromatic rings. The molecule has 1 aliphatic heterocycles. The van der Waals surface area contributed by atoms with Gasteiger partial charge in [-0.05, 0) is 30.9 Å². The Morgan fingerprint density at radius 1 is 1.57 bits per heavy atom. The zero-order chi connectivity index (χ0) is 14.8. The third-order valence-corrected chi connectivity index (χ3v) is 4.91. The molecule has 112 valence electrons. The first-order valence-corrected chi connectivity index (χ1v) is 8.16. The van der Waals surface area contributed by atoms with E-state index in [2.05, 4.69) is 38.8 Å². The highest BCUT2D eigenvalue weighted by Crippen LogP contribution is 2.24. The molecule has 0 unspecified atom stereocenters. The largest absolute Gasteiger partial charge is 0.351 e. The highest BCUT2D eigenvalue weighted by Gasteiger charge is 2.25. The van der Waals surface area contributed by atoms with Gasteiger partial charge in [0.05, 0.1) is 0 Å². The Morgan fingerprint density at radius 3 is 3.14 bits per heavy atom. The van der Waals surface area contributed by atoms with Crippen LogP contribution in [0.25, 0.3) is 0 Å². The monoisotopic (exact) mass is 304 g/mol. The molecule has 1 amide bonds. The molecule has 2 aromatic heterocycles. The van der Waals surface area contributed by atoms with Crippen LogP contribution in [0.4, 0.5) is 0 Å². The molecule has 0 bridgehead atoms. The average molecular weight is 304 g/mol. The number of aromatic nitrogens is 2. The van der Waals surface area contributed by atoms with Crippen molar-refractivity contribution in [2.75, 3.05) is 13.1 Å². The van der Waals surface area contributed by atoms with Crippen LogP contribution in [0.2, 0.25) is 0 Å². The topological polar surface area (TPSA) is 61.0 Å². The summed E-state index contributed by atoms with van der Waals surface area (Å²) < 4.78 is 0. The van der Waals surface area contributed by atoms with Gasteiger partial charge in [0, 0.05) is 48.7 Å². The number of thiophene rings is 1. The fourth-order valence-corrected chi connectivity index (χ4v) is 3.63. The molecule has 5 nitrogen and oxygen atoms in total. The Bertz CT molecular complexity index is 646. The fourth-order valence-electron chi connectivity index (χ4n) is 2.69. The molecule has 21 heavy (non-hydrogen) atoms. The summed E-state index contributed by atoms with van der Waals surface area (Å²) in [5, 5.41) is 12.2. The van der Waals surface area contributed by atoms with E-state index in [0.29, 0.717) is 12.2 Å². The molecular weight excluding hydrogens is 284 g/mol. The van der Waals surface area contributed by atoms with Crippen molar-refractivity contribution >= 4 is 17.2 Å². The van der Waals surface area contributed by atoms with Gasteiger partial charge in [-0.2, -0.15) is 5.10 Å². The van der Waals surface area contributed by atoms with Gasteiger partial charge >= 0.3 is 0 Å². The third kappa shape index (κ3) is 2.87. The Labute approximate surface area is 128 Å². The van der Waals surface area contributed by atoms with E-state index < -0.39 is 0 Å². The average Bonchev–Trinajstić information content (AvgIpc) is 3.06. The van der Waals surface area contributed by atoms with Gasteiger partial charge in [0.1, 0.15) is 0 Å². The van der Waals surface area contributed by atoms with Crippen molar-refractivity contribution in [2.24, 2.45) is 0 Å². The summed E-state index contributed by atoms with van der Waals surface area (Å²) in [4.78, 5) is 15.8. The molecule has 2 N–H and O–H groups in total. The molecule has 3 heterocycles. The van der Waals surface area contributed by atoms with E-state index in [1.54, 1.807) is 11.3 Å². The Balaban J connectivity index is 1.76. The molecule has 0 atom stereocenters. The number of nitrogens with one attached hydrogen (secondary N) is 2.